The summed E-state index contributed by atoms with van der Waals surface area (Å²) in [7, 11) is 0. The number of rotatable bonds is 6. The fourth-order valence-electron chi connectivity index (χ4n) is 7.14. The minimum absolute atomic E-state index is 0.0415. The lowest BCUT2D eigenvalue weighted by Crippen LogP contribution is -2.11. The van der Waals surface area contributed by atoms with E-state index >= 15 is 0 Å². The molecule has 4 heteroatoms. The van der Waals surface area contributed by atoms with Crippen molar-refractivity contribution in [1.29, 1.82) is 0 Å². The lowest BCUT2D eigenvalue weighted by atomic mass is 9.87. The molecule has 0 aliphatic carbocycles. The number of benzene rings is 5. The normalized spacial score (nSPS) is 12.2. The second-order valence-electron chi connectivity index (χ2n) is 15.8. The van der Waals surface area contributed by atoms with E-state index in [0.29, 0.717) is 0 Å². The number of aromatic nitrogens is 2. The van der Waals surface area contributed by atoms with Gasteiger partial charge in [-0.15, -0.1) is 11.3 Å². The predicted octanol–water partition coefficient (Wildman–Crippen LogP) is 13.7. The quantitative estimate of drug-likeness (QED) is 0.175. The number of hydrogen-bond donors (Lipinski definition) is 0. The zero-order valence-corrected chi connectivity index (χ0v) is 31.1. The van der Waals surface area contributed by atoms with Gasteiger partial charge in [0.25, 0.3) is 0 Å². The van der Waals surface area contributed by atoms with Gasteiger partial charge in [-0.1, -0.05) is 114 Å². The molecule has 0 N–H and O–H groups in total. The van der Waals surface area contributed by atoms with E-state index in [1.54, 1.807) is 0 Å². The monoisotopic (exact) mass is 681 g/mol. The number of fused-ring (bicyclic) bond motifs is 5. The molecule has 0 atom stereocenters. The Labute approximate surface area is 305 Å². The molecule has 0 aliphatic rings. The minimum Gasteiger partial charge on any atom is -0.310 e. The molecule has 3 nitrogen and oxygen atoms in total. The van der Waals surface area contributed by atoms with Crippen LogP contribution in [-0.2, 0) is 11.8 Å². The van der Waals surface area contributed by atoms with E-state index in [-0.39, 0.29) is 10.8 Å². The molecule has 5 aromatic carbocycles. The van der Waals surface area contributed by atoms with E-state index in [0.717, 1.165) is 46.0 Å². The Morgan fingerprint density at radius 2 is 1.22 bits per heavy atom. The number of para-hydroxylation sites is 1. The van der Waals surface area contributed by atoms with Crippen LogP contribution >= 0.6 is 11.3 Å². The first-order valence-electron chi connectivity index (χ1n) is 17.8. The Kier molecular flexibility index (Phi) is 8.23. The minimum atomic E-state index is 0.0415. The van der Waals surface area contributed by atoms with Gasteiger partial charge in [-0.25, -0.2) is 0 Å². The Morgan fingerprint density at radius 3 is 1.96 bits per heavy atom. The second-order valence-corrected chi connectivity index (χ2v) is 16.8. The molecular formula is C47H43N3S. The molecule has 0 unspecified atom stereocenters. The first kappa shape index (κ1) is 32.9. The van der Waals surface area contributed by atoms with Crippen LogP contribution < -0.4 is 4.90 Å². The van der Waals surface area contributed by atoms with Crippen molar-refractivity contribution in [1.82, 2.24) is 9.97 Å². The van der Waals surface area contributed by atoms with E-state index in [4.69, 9.17) is 9.97 Å². The second kappa shape index (κ2) is 12.8. The highest BCUT2D eigenvalue weighted by Crippen LogP contribution is 2.44. The van der Waals surface area contributed by atoms with Crippen LogP contribution in [0.2, 0.25) is 0 Å². The highest BCUT2D eigenvalue weighted by atomic mass is 32.1. The van der Waals surface area contributed by atoms with Gasteiger partial charge in [-0.05, 0) is 93.7 Å². The van der Waals surface area contributed by atoms with Crippen LogP contribution in [0.1, 0.15) is 52.7 Å². The number of anilines is 3. The highest BCUT2D eigenvalue weighted by Gasteiger charge is 2.19. The van der Waals surface area contributed by atoms with E-state index in [9.17, 15) is 0 Å². The molecule has 3 aromatic heterocycles. The van der Waals surface area contributed by atoms with Crippen LogP contribution in [0.4, 0.5) is 17.1 Å². The predicted molar refractivity (Wildman–Crippen MR) is 220 cm³/mol. The summed E-state index contributed by atoms with van der Waals surface area (Å²) in [5.41, 5.74) is 10.4. The third-order valence-corrected chi connectivity index (χ3v) is 10.8. The summed E-state index contributed by atoms with van der Waals surface area (Å²) < 4.78 is 2.54. The van der Waals surface area contributed by atoms with Crippen molar-refractivity contribution in [2.24, 2.45) is 5.41 Å². The summed E-state index contributed by atoms with van der Waals surface area (Å²) in [5.74, 6) is 0. The van der Waals surface area contributed by atoms with Crippen molar-refractivity contribution in [3.63, 3.8) is 0 Å². The lowest BCUT2D eigenvalue weighted by molar-refractivity contribution is 0.411. The third kappa shape index (κ3) is 6.53. The summed E-state index contributed by atoms with van der Waals surface area (Å²) >= 11 is 1.86. The van der Waals surface area contributed by atoms with Crippen LogP contribution in [-0.4, -0.2) is 9.97 Å². The van der Waals surface area contributed by atoms with Crippen LogP contribution in [0.15, 0.2) is 140 Å². The van der Waals surface area contributed by atoms with Gasteiger partial charge in [0, 0.05) is 56.1 Å². The van der Waals surface area contributed by atoms with Gasteiger partial charge >= 0.3 is 0 Å². The molecule has 0 amide bonds. The highest BCUT2D eigenvalue weighted by molar-refractivity contribution is 7.27. The summed E-state index contributed by atoms with van der Waals surface area (Å²) in [6.45, 7) is 13.6. The Bertz CT molecular complexity index is 2530. The van der Waals surface area contributed by atoms with E-state index in [1.165, 1.54) is 42.1 Å². The summed E-state index contributed by atoms with van der Waals surface area (Å²) in [6.07, 6.45) is 4.95. The molecule has 0 radical (unpaired) electrons. The van der Waals surface area contributed by atoms with Gasteiger partial charge in [0.15, 0.2) is 0 Å². The number of hydrogen-bond acceptors (Lipinski definition) is 4. The summed E-state index contributed by atoms with van der Waals surface area (Å²) in [4.78, 5) is 12.1. The average Bonchev–Trinajstić information content (AvgIpc) is 3.51. The standard InChI is InChI=1S/C47H43N3S/c1-46(2,3)30-31-18-20-39-32(26-31)19-21-40-41-23-25-49-43(45(41)51-44(39)40)34-13-11-17-38(28-34)50(36-14-8-7-9-15-36)37-16-10-12-33(27-37)42-29-35(22-24-48-42)47(4,5)6/h7-29H,30H2,1-6H3. The molecule has 8 rings (SSSR count). The van der Waals surface area contributed by atoms with Crippen molar-refractivity contribution in [3.8, 4) is 22.5 Å². The molecule has 3 heterocycles. The fourth-order valence-corrected chi connectivity index (χ4v) is 8.49. The van der Waals surface area contributed by atoms with Crippen molar-refractivity contribution in [3.05, 3.63) is 151 Å². The van der Waals surface area contributed by atoms with Gasteiger partial charge in [0.05, 0.1) is 16.1 Å². The Balaban J connectivity index is 1.23. The van der Waals surface area contributed by atoms with Gasteiger partial charge in [-0.2, -0.15) is 0 Å². The SMILES string of the molecule is CC(C)(C)Cc1ccc2c(ccc3c4ccnc(-c5cccc(N(c6ccccc6)c6cccc(-c7cc(C(C)(C)C)ccn7)c6)c5)c4sc23)c1. The third-order valence-electron chi connectivity index (χ3n) is 9.59. The van der Waals surface area contributed by atoms with Crippen molar-refractivity contribution >= 4 is 59.3 Å². The van der Waals surface area contributed by atoms with Gasteiger partial charge in [0.1, 0.15) is 0 Å². The lowest BCUT2D eigenvalue weighted by Gasteiger charge is -2.26. The molecule has 0 aliphatic heterocycles. The van der Waals surface area contributed by atoms with Gasteiger partial charge in [-0.3, -0.25) is 9.97 Å². The van der Waals surface area contributed by atoms with Crippen LogP contribution in [0, 0.1) is 5.41 Å². The molecule has 0 spiro atoms. The summed E-state index contributed by atoms with van der Waals surface area (Å²) in [6, 6.07) is 46.2. The first-order chi connectivity index (χ1) is 24.5. The molecule has 0 saturated heterocycles. The largest absolute Gasteiger partial charge is 0.310 e. The number of pyridine rings is 2. The Morgan fingerprint density at radius 1 is 0.549 bits per heavy atom. The first-order valence-corrected chi connectivity index (χ1v) is 18.6. The van der Waals surface area contributed by atoms with Crippen LogP contribution in [0.3, 0.4) is 0 Å². The van der Waals surface area contributed by atoms with Crippen molar-refractivity contribution in [2.75, 3.05) is 4.90 Å². The fraction of sp³-hybridized carbons (Fsp3) is 0.191. The summed E-state index contributed by atoms with van der Waals surface area (Å²) in [5, 5.41) is 5.15. The van der Waals surface area contributed by atoms with Crippen molar-refractivity contribution in [2.45, 2.75) is 53.4 Å². The molecule has 51 heavy (non-hydrogen) atoms. The van der Waals surface area contributed by atoms with Gasteiger partial charge < -0.3 is 4.90 Å². The molecule has 0 fully saturated rings. The molecule has 8 aromatic rings. The van der Waals surface area contributed by atoms with E-state index in [1.807, 2.05) is 23.7 Å². The average molecular weight is 682 g/mol. The van der Waals surface area contributed by atoms with E-state index < -0.39 is 0 Å². The molecule has 0 bridgehead atoms. The zero-order chi connectivity index (χ0) is 35.3. The van der Waals surface area contributed by atoms with E-state index in [2.05, 4.69) is 174 Å². The Hall–Kier alpha value is -5.32. The maximum Gasteiger partial charge on any atom is 0.0881 e. The van der Waals surface area contributed by atoms with Crippen molar-refractivity contribution < 1.29 is 0 Å². The molecule has 0 saturated carbocycles. The zero-order valence-electron chi connectivity index (χ0n) is 30.2. The number of thiophene rings is 1. The number of nitrogens with zero attached hydrogens (tertiary/aromatic N) is 3. The van der Waals surface area contributed by atoms with Crippen LogP contribution in [0.5, 0.6) is 0 Å². The molecular weight excluding hydrogens is 639 g/mol. The topological polar surface area (TPSA) is 29.0 Å². The van der Waals surface area contributed by atoms with Gasteiger partial charge in [0.2, 0.25) is 0 Å². The molecule has 252 valence electrons. The maximum atomic E-state index is 5.02. The maximum absolute atomic E-state index is 5.02. The smallest absolute Gasteiger partial charge is 0.0881 e. The van der Waals surface area contributed by atoms with Crippen LogP contribution in [0.25, 0.3) is 53.5 Å².